The quantitative estimate of drug-likeness (QED) is 0.698. The summed E-state index contributed by atoms with van der Waals surface area (Å²) in [5.74, 6) is 0.212. The van der Waals surface area contributed by atoms with Crippen LogP contribution in [-0.2, 0) is 0 Å². The van der Waals surface area contributed by atoms with Crippen molar-refractivity contribution in [1.82, 2.24) is 14.9 Å². The van der Waals surface area contributed by atoms with Gasteiger partial charge in [0.25, 0.3) is 0 Å². The van der Waals surface area contributed by atoms with Gasteiger partial charge in [-0.15, -0.1) is 5.10 Å². The zero-order valence-corrected chi connectivity index (χ0v) is 7.81. The number of nitrogen functional groups attached to an aromatic ring is 1. The average Bonchev–Trinajstić information content (AvgIpc) is 2.46. The number of halogens is 1. The van der Waals surface area contributed by atoms with Gasteiger partial charge in [-0.3, -0.25) is 4.98 Å². The van der Waals surface area contributed by atoms with Crippen molar-refractivity contribution in [3.05, 3.63) is 29.4 Å². The van der Waals surface area contributed by atoms with E-state index in [0.29, 0.717) is 21.3 Å². The Bertz CT molecular complexity index is 468. The molecule has 72 valence electrons. The van der Waals surface area contributed by atoms with Crippen molar-refractivity contribution in [2.75, 3.05) is 5.73 Å². The van der Waals surface area contributed by atoms with E-state index in [1.54, 1.807) is 18.3 Å². The SMILES string of the molecule is Nc1cc(-c2ncccc2Cl)n(O)n1. The van der Waals surface area contributed by atoms with Crippen LogP contribution in [0.15, 0.2) is 24.4 Å². The maximum atomic E-state index is 9.34. The van der Waals surface area contributed by atoms with Crippen LogP contribution in [0.2, 0.25) is 5.02 Å². The van der Waals surface area contributed by atoms with Crippen LogP contribution < -0.4 is 5.73 Å². The van der Waals surface area contributed by atoms with E-state index >= 15 is 0 Å². The molecular formula is C8H7ClN4O. The highest BCUT2D eigenvalue weighted by Gasteiger charge is 2.11. The molecule has 0 aliphatic rings. The van der Waals surface area contributed by atoms with Crippen LogP contribution in [0.4, 0.5) is 5.82 Å². The lowest BCUT2D eigenvalue weighted by molar-refractivity contribution is 0.154. The topological polar surface area (TPSA) is 77.0 Å². The van der Waals surface area contributed by atoms with Gasteiger partial charge in [-0.2, -0.15) is 0 Å². The van der Waals surface area contributed by atoms with Crippen LogP contribution in [0.5, 0.6) is 0 Å². The first-order valence-electron chi connectivity index (χ1n) is 3.84. The molecule has 14 heavy (non-hydrogen) atoms. The first-order valence-corrected chi connectivity index (χ1v) is 4.22. The van der Waals surface area contributed by atoms with E-state index in [2.05, 4.69) is 10.1 Å². The molecule has 0 spiro atoms. The molecule has 5 nitrogen and oxygen atoms in total. The molecule has 3 N–H and O–H groups in total. The highest BCUT2D eigenvalue weighted by Crippen LogP contribution is 2.25. The predicted octanol–water partition coefficient (Wildman–Crippen LogP) is 1.42. The molecular weight excluding hydrogens is 204 g/mol. The standard InChI is InChI=1S/C8H7ClN4O/c9-5-2-1-3-11-8(5)6-4-7(10)12-13(6)14/h1-4,14H,(H2,10,12). The summed E-state index contributed by atoms with van der Waals surface area (Å²) < 4.78 is 0. The van der Waals surface area contributed by atoms with Gasteiger partial charge in [0, 0.05) is 12.3 Å². The summed E-state index contributed by atoms with van der Waals surface area (Å²) in [6.45, 7) is 0. The lowest BCUT2D eigenvalue weighted by Crippen LogP contribution is -1.97. The molecule has 2 aromatic heterocycles. The van der Waals surface area contributed by atoms with E-state index in [1.807, 2.05) is 0 Å². The predicted molar refractivity (Wildman–Crippen MR) is 52.1 cm³/mol. The van der Waals surface area contributed by atoms with Crippen molar-refractivity contribution in [3.8, 4) is 11.4 Å². The Labute approximate surface area is 84.7 Å². The number of hydrogen-bond donors (Lipinski definition) is 2. The van der Waals surface area contributed by atoms with E-state index < -0.39 is 0 Å². The molecule has 0 atom stereocenters. The fraction of sp³-hybridized carbons (Fsp3) is 0. The average molecular weight is 211 g/mol. The molecule has 0 saturated carbocycles. The maximum absolute atomic E-state index is 9.34. The van der Waals surface area contributed by atoms with E-state index in [4.69, 9.17) is 17.3 Å². The van der Waals surface area contributed by atoms with Crippen LogP contribution in [-0.4, -0.2) is 20.1 Å². The second kappa shape index (κ2) is 3.19. The van der Waals surface area contributed by atoms with Crippen LogP contribution >= 0.6 is 11.6 Å². The third kappa shape index (κ3) is 1.38. The minimum absolute atomic E-state index is 0.212. The van der Waals surface area contributed by atoms with E-state index in [0.717, 1.165) is 0 Å². The van der Waals surface area contributed by atoms with Crippen molar-refractivity contribution >= 4 is 17.4 Å². The summed E-state index contributed by atoms with van der Waals surface area (Å²) in [5, 5.41) is 13.3. The first-order chi connectivity index (χ1) is 6.68. The lowest BCUT2D eigenvalue weighted by Gasteiger charge is -2.00. The largest absolute Gasteiger partial charge is 0.411 e. The van der Waals surface area contributed by atoms with Gasteiger partial charge in [-0.25, -0.2) is 0 Å². The Balaban J connectivity index is 2.60. The molecule has 2 heterocycles. The number of nitrogens with zero attached hydrogens (tertiary/aromatic N) is 3. The molecule has 0 saturated heterocycles. The molecule has 2 rings (SSSR count). The number of anilines is 1. The van der Waals surface area contributed by atoms with Gasteiger partial charge in [0.2, 0.25) is 0 Å². The van der Waals surface area contributed by atoms with Gasteiger partial charge in [0.15, 0.2) is 0 Å². The van der Waals surface area contributed by atoms with Gasteiger partial charge in [0.05, 0.1) is 5.02 Å². The Hall–Kier alpha value is -1.75. The number of hydrogen-bond acceptors (Lipinski definition) is 4. The fourth-order valence-electron chi connectivity index (χ4n) is 1.13. The normalized spacial score (nSPS) is 10.4. The summed E-state index contributed by atoms with van der Waals surface area (Å²) in [7, 11) is 0. The molecule has 0 radical (unpaired) electrons. The molecule has 6 heteroatoms. The third-order valence-corrected chi connectivity index (χ3v) is 2.02. The zero-order chi connectivity index (χ0) is 10.1. The lowest BCUT2D eigenvalue weighted by atomic mass is 10.3. The van der Waals surface area contributed by atoms with Crippen molar-refractivity contribution < 1.29 is 5.21 Å². The van der Waals surface area contributed by atoms with Crippen LogP contribution in [0.3, 0.4) is 0 Å². The highest BCUT2D eigenvalue weighted by atomic mass is 35.5. The minimum atomic E-state index is 0.212. The van der Waals surface area contributed by atoms with Gasteiger partial charge in [-0.1, -0.05) is 16.4 Å². The molecule has 0 amide bonds. The van der Waals surface area contributed by atoms with Crippen molar-refractivity contribution in [3.63, 3.8) is 0 Å². The third-order valence-electron chi connectivity index (χ3n) is 1.71. The first kappa shape index (κ1) is 8.83. The van der Waals surface area contributed by atoms with Crippen molar-refractivity contribution in [2.45, 2.75) is 0 Å². The Morgan fingerprint density at radius 1 is 1.50 bits per heavy atom. The van der Waals surface area contributed by atoms with Gasteiger partial charge < -0.3 is 10.9 Å². The summed E-state index contributed by atoms with van der Waals surface area (Å²) in [4.78, 5) is 4.67. The number of rotatable bonds is 1. The minimum Gasteiger partial charge on any atom is -0.411 e. The van der Waals surface area contributed by atoms with Gasteiger partial charge in [-0.05, 0) is 12.1 Å². The van der Waals surface area contributed by atoms with Crippen LogP contribution in [0, 0.1) is 0 Å². The smallest absolute Gasteiger partial charge is 0.149 e. The second-order valence-electron chi connectivity index (χ2n) is 2.68. The second-order valence-corrected chi connectivity index (χ2v) is 3.08. The monoisotopic (exact) mass is 210 g/mol. The zero-order valence-electron chi connectivity index (χ0n) is 7.05. The van der Waals surface area contributed by atoms with Crippen LogP contribution in [0.25, 0.3) is 11.4 Å². The summed E-state index contributed by atoms with van der Waals surface area (Å²) in [5.41, 5.74) is 6.22. The van der Waals surface area contributed by atoms with Crippen molar-refractivity contribution in [2.24, 2.45) is 0 Å². The summed E-state index contributed by atoms with van der Waals surface area (Å²) in [6.07, 6.45) is 1.57. The van der Waals surface area contributed by atoms with E-state index in [1.165, 1.54) is 6.07 Å². The number of aromatic nitrogens is 3. The van der Waals surface area contributed by atoms with E-state index in [-0.39, 0.29) is 5.82 Å². The van der Waals surface area contributed by atoms with Crippen LogP contribution in [0.1, 0.15) is 0 Å². The molecule has 0 aromatic carbocycles. The Morgan fingerprint density at radius 3 is 2.86 bits per heavy atom. The van der Waals surface area contributed by atoms with E-state index in [9.17, 15) is 5.21 Å². The fourth-order valence-corrected chi connectivity index (χ4v) is 1.35. The molecule has 0 fully saturated rings. The molecule has 0 aliphatic carbocycles. The number of pyridine rings is 1. The van der Waals surface area contributed by atoms with Crippen molar-refractivity contribution in [1.29, 1.82) is 0 Å². The molecule has 0 bridgehead atoms. The molecule has 0 aliphatic heterocycles. The summed E-state index contributed by atoms with van der Waals surface area (Å²) in [6, 6.07) is 4.87. The van der Waals surface area contributed by atoms with Gasteiger partial charge in [0.1, 0.15) is 17.2 Å². The Morgan fingerprint density at radius 2 is 2.29 bits per heavy atom. The summed E-state index contributed by atoms with van der Waals surface area (Å²) >= 11 is 5.88. The highest BCUT2D eigenvalue weighted by molar-refractivity contribution is 6.32. The Kier molecular flexibility index (Phi) is 2.01. The maximum Gasteiger partial charge on any atom is 0.149 e. The number of nitrogens with two attached hydrogens (primary N) is 1. The molecule has 2 aromatic rings. The molecule has 0 unspecified atom stereocenters. The van der Waals surface area contributed by atoms with Gasteiger partial charge >= 0.3 is 0 Å².